The molecule has 0 radical (unpaired) electrons. The fraction of sp³-hybridized carbons (Fsp3) is 0.500. The zero-order valence-corrected chi connectivity index (χ0v) is 14.1. The molecular formula is C16H22ClF2N3O2. The van der Waals surface area contributed by atoms with Crippen molar-refractivity contribution < 1.29 is 18.4 Å². The fourth-order valence-electron chi connectivity index (χ4n) is 2.49. The molecule has 1 aliphatic rings. The van der Waals surface area contributed by atoms with Gasteiger partial charge in [-0.3, -0.25) is 9.59 Å². The van der Waals surface area contributed by atoms with E-state index in [2.05, 4.69) is 16.0 Å². The van der Waals surface area contributed by atoms with Crippen LogP contribution in [-0.4, -0.2) is 37.5 Å². The van der Waals surface area contributed by atoms with Crippen LogP contribution in [0.5, 0.6) is 0 Å². The normalized spacial score (nSPS) is 16.8. The first kappa shape index (κ1) is 20.3. The van der Waals surface area contributed by atoms with Crippen molar-refractivity contribution in [2.45, 2.75) is 31.7 Å². The highest BCUT2D eigenvalue weighted by atomic mass is 35.5. The van der Waals surface area contributed by atoms with Crippen LogP contribution in [0.3, 0.4) is 0 Å². The summed E-state index contributed by atoms with van der Waals surface area (Å²) in [5.41, 5.74) is -0.205. The number of hydrogen-bond donors (Lipinski definition) is 3. The molecule has 1 aliphatic heterocycles. The number of amides is 2. The summed E-state index contributed by atoms with van der Waals surface area (Å²) in [6.45, 7) is 2.02. The molecule has 1 aromatic carbocycles. The first-order valence-corrected chi connectivity index (χ1v) is 7.79. The Labute approximate surface area is 146 Å². The van der Waals surface area contributed by atoms with E-state index in [1.54, 1.807) is 0 Å². The van der Waals surface area contributed by atoms with Crippen LogP contribution in [0, 0.1) is 11.6 Å². The Hall–Kier alpha value is -1.73. The zero-order valence-electron chi connectivity index (χ0n) is 13.2. The van der Waals surface area contributed by atoms with Gasteiger partial charge in [0.15, 0.2) is 0 Å². The Morgan fingerprint density at radius 1 is 1.29 bits per heavy atom. The Balaban J connectivity index is 0.00000288. The maximum atomic E-state index is 13.4. The average molecular weight is 362 g/mol. The number of carbonyl (C=O) groups excluding carboxylic acids is 2. The molecule has 2 rings (SSSR count). The highest BCUT2D eigenvalue weighted by Gasteiger charge is 2.15. The molecular weight excluding hydrogens is 340 g/mol. The minimum absolute atomic E-state index is 0. The minimum atomic E-state index is -0.898. The molecule has 0 spiro atoms. The summed E-state index contributed by atoms with van der Waals surface area (Å²) < 4.78 is 26.2. The molecule has 0 saturated carbocycles. The molecule has 0 bridgehead atoms. The van der Waals surface area contributed by atoms with Crippen molar-refractivity contribution in [3.8, 4) is 0 Å². The number of halogens is 3. The van der Waals surface area contributed by atoms with E-state index in [9.17, 15) is 18.4 Å². The Kier molecular flexibility index (Phi) is 8.63. The van der Waals surface area contributed by atoms with Crippen LogP contribution in [0.4, 0.5) is 8.78 Å². The molecule has 1 unspecified atom stereocenters. The predicted octanol–water partition coefficient (Wildman–Crippen LogP) is 1.76. The van der Waals surface area contributed by atoms with Gasteiger partial charge in [0.1, 0.15) is 11.6 Å². The van der Waals surface area contributed by atoms with Gasteiger partial charge in [0.25, 0.3) is 5.91 Å². The van der Waals surface area contributed by atoms with Crippen molar-refractivity contribution in [3.63, 3.8) is 0 Å². The minimum Gasteiger partial charge on any atom is -0.352 e. The summed E-state index contributed by atoms with van der Waals surface area (Å²) in [7, 11) is 0. The van der Waals surface area contributed by atoms with Gasteiger partial charge < -0.3 is 16.0 Å². The third-order valence-electron chi connectivity index (χ3n) is 3.70. The quantitative estimate of drug-likeness (QED) is 0.676. The van der Waals surface area contributed by atoms with E-state index in [1.165, 1.54) is 0 Å². The van der Waals surface area contributed by atoms with Gasteiger partial charge in [0.2, 0.25) is 5.91 Å². The Morgan fingerprint density at radius 2 is 2.08 bits per heavy atom. The van der Waals surface area contributed by atoms with E-state index in [0.29, 0.717) is 18.9 Å². The van der Waals surface area contributed by atoms with E-state index in [-0.39, 0.29) is 36.5 Å². The molecule has 2 amide bonds. The van der Waals surface area contributed by atoms with Crippen LogP contribution in [-0.2, 0) is 4.79 Å². The lowest BCUT2D eigenvalue weighted by Gasteiger charge is -2.23. The lowest BCUT2D eigenvalue weighted by molar-refractivity contribution is -0.122. The summed E-state index contributed by atoms with van der Waals surface area (Å²) in [6, 6.07) is 2.96. The second kappa shape index (κ2) is 10.2. The first-order valence-electron chi connectivity index (χ1n) is 7.79. The lowest BCUT2D eigenvalue weighted by Crippen LogP contribution is -2.45. The zero-order chi connectivity index (χ0) is 16.7. The van der Waals surface area contributed by atoms with Crippen molar-refractivity contribution in [2.75, 3.05) is 19.6 Å². The molecule has 1 saturated heterocycles. The van der Waals surface area contributed by atoms with E-state index in [4.69, 9.17) is 0 Å². The van der Waals surface area contributed by atoms with Crippen LogP contribution < -0.4 is 16.0 Å². The Bertz CT molecular complexity index is 566. The maximum absolute atomic E-state index is 13.4. The van der Waals surface area contributed by atoms with Crippen molar-refractivity contribution in [2.24, 2.45) is 0 Å². The average Bonchev–Trinajstić information content (AvgIpc) is 2.52. The first-order chi connectivity index (χ1) is 11.1. The van der Waals surface area contributed by atoms with Crippen molar-refractivity contribution >= 4 is 24.2 Å². The SMILES string of the molecule is Cl.O=C(CCCNC(=O)c1ccc(F)cc1F)NC1CCCNC1. The molecule has 5 nitrogen and oxygen atoms in total. The van der Waals surface area contributed by atoms with E-state index >= 15 is 0 Å². The molecule has 0 aromatic heterocycles. The van der Waals surface area contributed by atoms with Gasteiger partial charge in [0, 0.05) is 31.6 Å². The van der Waals surface area contributed by atoms with Crippen LogP contribution in [0.2, 0.25) is 0 Å². The van der Waals surface area contributed by atoms with Gasteiger partial charge in [0.05, 0.1) is 5.56 Å². The van der Waals surface area contributed by atoms with Crippen LogP contribution in [0.15, 0.2) is 18.2 Å². The lowest BCUT2D eigenvalue weighted by atomic mass is 10.1. The maximum Gasteiger partial charge on any atom is 0.254 e. The molecule has 1 aromatic rings. The number of hydrogen-bond acceptors (Lipinski definition) is 3. The van der Waals surface area contributed by atoms with Gasteiger partial charge in [-0.2, -0.15) is 0 Å². The van der Waals surface area contributed by atoms with E-state index < -0.39 is 17.5 Å². The van der Waals surface area contributed by atoms with Crippen LogP contribution >= 0.6 is 12.4 Å². The van der Waals surface area contributed by atoms with E-state index in [0.717, 1.165) is 38.1 Å². The summed E-state index contributed by atoms with van der Waals surface area (Å²) in [4.78, 5) is 23.5. The third-order valence-corrected chi connectivity index (χ3v) is 3.70. The number of carbonyl (C=O) groups is 2. The summed E-state index contributed by atoms with van der Waals surface area (Å²) >= 11 is 0. The monoisotopic (exact) mass is 361 g/mol. The second-order valence-corrected chi connectivity index (χ2v) is 5.59. The molecule has 134 valence electrons. The van der Waals surface area contributed by atoms with Gasteiger partial charge >= 0.3 is 0 Å². The molecule has 1 fully saturated rings. The largest absolute Gasteiger partial charge is 0.352 e. The third kappa shape index (κ3) is 6.41. The Morgan fingerprint density at radius 3 is 2.75 bits per heavy atom. The van der Waals surface area contributed by atoms with Crippen molar-refractivity contribution in [1.29, 1.82) is 0 Å². The number of benzene rings is 1. The van der Waals surface area contributed by atoms with Gasteiger partial charge in [-0.1, -0.05) is 0 Å². The summed E-state index contributed by atoms with van der Waals surface area (Å²) in [5.74, 6) is -2.29. The number of rotatable bonds is 6. The molecule has 1 heterocycles. The van der Waals surface area contributed by atoms with Crippen molar-refractivity contribution in [3.05, 3.63) is 35.4 Å². The van der Waals surface area contributed by atoms with Gasteiger partial charge in [-0.05, 0) is 37.9 Å². The van der Waals surface area contributed by atoms with Gasteiger partial charge in [-0.15, -0.1) is 12.4 Å². The van der Waals surface area contributed by atoms with Crippen LogP contribution in [0.25, 0.3) is 0 Å². The number of nitrogens with one attached hydrogen (secondary N) is 3. The summed E-state index contributed by atoms with van der Waals surface area (Å²) in [6.07, 6.45) is 2.77. The van der Waals surface area contributed by atoms with Crippen molar-refractivity contribution in [1.82, 2.24) is 16.0 Å². The number of piperidine rings is 1. The summed E-state index contributed by atoms with van der Waals surface area (Å²) in [5, 5.41) is 8.68. The topological polar surface area (TPSA) is 70.2 Å². The van der Waals surface area contributed by atoms with Crippen LogP contribution in [0.1, 0.15) is 36.0 Å². The standard InChI is InChI=1S/C16H21F2N3O2.ClH/c17-11-5-6-13(14(18)9-11)16(23)20-8-2-4-15(22)21-12-3-1-7-19-10-12;/h5-6,9,12,19H,1-4,7-8,10H2,(H,20,23)(H,21,22);1H. The fourth-order valence-corrected chi connectivity index (χ4v) is 2.49. The molecule has 3 N–H and O–H groups in total. The molecule has 1 atom stereocenters. The smallest absolute Gasteiger partial charge is 0.254 e. The molecule has 24 heavy (non-hydrogen) atoms. The van der Waals surface area contributed by atoms with Gasteiger partial charge in [-0.25, -0.2) is 8.78 Å². The predicted molar refractivity (Wildman–Crippen MR) is 89.2 cm³/mol. The molecule has 8 heteroatoms. The van der Waals surface area contributed by atoms with E-state index in [1.807, 2.05) is 0 Å². The highest BCUT2D eigenvalue weighted by molar-refractivity contribution is 5.94. The second-order valence-electron chi connectivity index (χ2n) is 5.59. The highest BCUT2D eigenvalue weighted by Crippen LogP contribution is 2.09. The molecule has 0 aliphatic carbocycles.